The largest absolute Gasteiger partial charge is 0.382 e. The van der Waals surface area contributed by atoms with Gasteiger partial charge in [0.25, 0.3) is 0 Å². The second-order valence-corrected chi connectivity index (χ2v) is 6.83. The number of rotatable bonds is 4. The molecule has 2 rings (SSSR count). The quantitative estimate of drug-likeness (QED) is 0.851. The average Bonchev–Trinajstić information content (AvgIpc) is 2.40. The van der Waals surface area contributed by atoms with Crippen molar-refractivity contribution in [2.75, 3.05) is 11.1 Å². The van der Waals surface area contributed by atoms with Crippen LogP contribution in [0.4, 0.5) is 5.69 Å². The van der Waals surface area contributed by atoms with Crippen molar-refractivity contribution < 1.29 is 8.42 Å². The molecule has 0 amide bonds. The van der Waals surface area contributed by atoms with E-state index in [1.807, 2.05) is 12.1 Å². The topological polar surface area (TPSA) is 46.2 Å². The van der Waals surface area contributed by atoms with Crippen LogP contribution in [0.25, 0.3) is 0 Å². The highest BCUT2D eigenvalue weighted by Crippen LogP contribution is 2.19. The molecule has 0 saturated heterocycles. The van der Waals surface area contributed by atoms with E-state index >= 15 is 0 Å². The molecule has 1 atom stereocenters. The SMILES string of the molecule is CCS(=O)(=O)c1ccc(NC2CC=CCC2)cc1. The van der Waals surface area contributed by atoms with E-state index in [4.69, 9.17) is 0 Å². The monoisotopic (exact) mass is 265 g/mol. The van der Waals surface area contributed by atoms with Gasteiger partial charge in [-0.3, -0.25) is 0 Å². The van der Waals surface area contributed by atoms with Gasteiger partial charge < -0.3 is 5.32 Å². The summed E-state index contributed by atoms with van der Waals surface area (Å²) < 4.78 is 23.3. The maximum atomic E-state index is 11.7. The number of allylic oxidation sites excluding steroid dienone is 1. The third-order valence-corrected chi connectivity index (χ3v) is 4.98. The summed E-state index contributed by atoms with van der Waals surface area (Å²) in [6, 6.07) is 7.52. The van der Waals surface area contributed by atoms with Gasteiger partial charge in [-0.15, -0.1) is 0 Å². The molecule has 1 unspecified atom stereocenters. The molecule has 0 aromatic heterocycles. The predicted octanol–water partition coefficient (Wildman–Crippen LogP) is 3.00. The molecule has 18 heavy (non-hydrogen) atoms. The van der Waals surface area contributed by atoms with Gasteiger partial charge in [-0.05, 0) is 43.5 Å². The molecule has 0 spiro atoms. The van der Waals surface area contributed by atoms with Crippen LogP contribution in [0.3, 0.4) is 0 Å². The lowest BCUT2D eigenvalue weighted by Gasteiger charge is -2.20. The van der Waals surface area contributed by atoms with Gasteiger partial charge in [0, 0.05) is 11.7 Å². The fourth-order valence-corrected chi connectivity index (χ4v) is 2.97. The summed E-state index contributed by atoms with van der Waals surface area (Å²) in [4.78, 5) is 0.402. The first kappa shape index (κ1) is 13.1. The van der Waals surface area contributed by atoms with E-state index in [1.54, 1.807) is 19.1 Å². The Labute approximate surface area is 109 Å². The van der Waals surface area contributed by atoms with Crippen LogP contribution in [0.15, 0.2) is 41.3 Å². The smallest absolute Gasteiger partial charge is 0.178 e. The van der Waals surface area contributed by atoms with Gasteiger partial charge in [0.1, 0.15) is 0 Å². The predicted molar refractivity (Wildman–Crippen MR) is 74.6 cm³/mol. The van der Waals surface area contributed by atoms with Crippen molar-refractivity contribution >= 4 is 15.5 Å². The van der Waals surface area contributed by atoms with Crippen molar-refractivity contribution in [2.24, 2.45) is 0 Å². The lowest BCUT2D eigenvalue weighted by Crippen LogP contribution is -2.20. The molecule has 0 saturated carbocycles. The summed E-state index contributed by atoms with van der Waals surface area (Å²) in [5, 5.41) is 3.43. The molecular weight excluding hydrogens is 246 g/mol. The molecule has 0 bridgehead atoms. The first-order valence-electron chi connectivity index (χ1n) is 6.36. The number of sulfone groups is 1. The van der Waals surface area contributed by atoms with E-state index < -0.39 is 9.84 Å². The summed E-state index contributed by atoms with van der Waals surface area (Å²) in [5.74, 6) is 0.146. The Balaban J connectivity index is 2.06. The van der Waals surface area contributed by atoms with Crippen LogP contribution in [0, 0.1) is 0 Å². The number of hydrogen-bond acceptors (Lipinski definition) is 3. The van der Waals surface area contributed by atoms with Gasteiger partial charge in [-0.25, -0.2) is 8.42 Å². The van der Waals surface area contributed by atoms with E-state index in [2.05, 4.69) is 17.5 Å². The zero-order valence-corrected chi connectivity index (χ0v) is 11.4. The van der Waals surface area contributed by atoms with Crippen LogP contribution in [0.5, 0.6) is 0 Å². The Morgan fingerprint density at radius 2 is 1.94 bits per heavy atom. The molecule has 4 heteroatoms. The second kappa shape index (κ2) is 5.57. The maximum absolute atomic E-state index is 11.7. The molecule has 98 valence electrons. The van der Waals surface area contributed by atoms with Crippen molar-refractivity contribution in [1.29, 1.82) is 0 Å². The van der Waals surface area contributed by atoms with Gasteiger partial charge in [0.05, 0.1) is 10.6 Å². The van der Waals surface area contributed by atoms with Crippen LogP contribution in [-0.4, -0.2) is 20.2 Å². The molecule has 1 aromatic rings. The van der Waals surface area contributed by atoms with Crippen molar-refractivity contribution in [3.8, 4) is 0 Å². The summed E-state index contributed by atoms with van der Waals surface area (Å²) in [6.45, 7) is 1.66. The Kier molecular flexibility index (Phi) is 4.07. The fourth-order valence-electron chi connectivity index (χ4n) is 2.09. The highest BCUT2D eigenvalue weighted by atomic mass is 32.2. The molecule has 0 heterocycles. The standard InChI is InChI=1S/C14H19NO2S/c1-2-18(16,17)14-10-8-13(9-11-14)15-12-6-4-3-5-7-12/h3-4,8-12,15H,2,5-7H2,1H3. The van der Waals surface area contributed by atoms with Gasteiger partial charge in [-0.1, -0.05) is 19.1 Å². The van der Waals surface area contributed by atoms with E-state index in [9.17, 15) is 8.42 Å². The van der Waals surface area contributed by atoms with Crippen molar-refractivity contribution in [1.82, 2.24) is 0 Å². The van der Waals surface area contributed by atoms with Gasteiger partial charge in [0.2, 0.25) is 0 Å². The Hall–Kier alpha value is -1.29. The van der Waals surface area contributed by atoms with E-state index in [1.165, 1.54) is 0 Å². The lowest BCUT2D eigenvalue weighted by atomic mass is 10.0. The zero-order chi connectivity index (χ0) is 13.0. The minimum absolute atomic E-state index is 0.146. The minimum Gasteiger partial charge on any atom is -0.382 e. The summed E-state index contributed by atoms with van der Waals surface area (Å²) in [5.41, 5.74) is 0.991. The molecule has 0 radical (unpaired) electrons. The van der Waals surface area contributed by atoms with Crippen molar-refractivity contribution in [2.45, 2.75) is 37.1 Å². The minimum atomic E-state index is -3.09. The first-order valence-corrected chi connectivity index (χ1v) is 8.01. The fraction of sp³-hybridized carbons (Fsp3) is 0.429. The van der Waals surface area contributed by atoms with Crippen molar-refractivity contribution in [3.05, 3.63) is 36.4 Å². The average molecular weight is 265 g/mol. The Morgan fingerprint density at radius 3 is 2.50 bits per heavy atom. The van der Waals surface area contributed by atoms with Crippen LogP contribution in [0.1, 0.15) is 26.2 Å². The zero-order valence-electron chi connectivity index (χ0n) is 10.6. The number of hydrogen-bond donors (Lipinski definition) is 1. The summed E-state index contributed by atoms with van der Waals surface area (Å²) in [7, 11) is -3.09. The van der Waals surface area contributed by atoms with Crippen molar-refractivity contribution in [3.63, 3.8) is 0 Å². The van der Waals surface area contributed by atoms with Gasteiger partial charge in [-0.2, -0.15) is 0 Å². The van der Waals surface area contributed by atoms with Crippen LogP contribution in [0.2, 0.25) is 0 Å². The summed E-state index contributed by atoms with van der Waals surface area (Å²) >= 11 is 0. The molecular formula is C14H19NO2S. The highest BCUT2D eigenvalue weighted by molar-refractivity contribution is 7.91. The van der Waals surface area contributed by atoms with E-state index in [0.29, 0.717) is 10.9 Å². The third-order valence-electron chi connectivity index (χ3n) is 3.23. The Morgan fingerprint density at radius 1 is 1.22 bits per heavy atom. The molecule has 1 aliphatic rings. The van der Waals surface area contributed by atoms with Gasteiger partial charge >= 0.3 is 0 Å². The number of nitrogens with one attached hydrogen (secondary N) is 1. The number of benzene rings is 1. The maximum Gasteiger partial charge on any atom is 0.178 e. The Bertz CT molecular complexity index is 517. The van der Waals surface area contributed by atoms with Crippen LogP contribution in [-0.2, 0) is 9.84 Å². The third kappa shape index (κ3) is 3.13. The first-order chi connectivity index (χ1) is 8.62. The second-order valence-electron chi connectivity index (χ2n) is 4.55. The lowest BCUT2D eigenvalue weighted by molar-refractivity contribution is 0.597. The summed E-state index contributed by atoms with van der Waals surface area (Å²) in [6.07, 6.45) is 7.67. The van der Waals surface area contributed by atoms with Gasteiger partial charge in [0.15, 0.2) is 9.84 Å². The van der Waals surface area contributed by atoms with E-state index in [-0.39, 0.29) is 5.75 Å². The number of anilines is 1. The van der Waals surface area contributed by atoms with Crippen LogP contribution < -0.4 is 5.32 Å². The molecule has 1 aromatic carbocycles. The molecule has 1 N–H and O–H groups in total. The molecule has 3 nitrogen and oxygen atoms in total. The normalized spacial score (nSPS) is 19.7. The van der Waals surface area contributed by atoms with E-state index in [0.717, 1.165) is 24.9 Å². The highest BCUT2D eigenvalue weighted by Gasteiger charge is 2.12. The molecule has 0 fully saturated rings. The molecule has 1 aliphatic carbocycles. The van der Waals surface area contributed by atoms with Crippen LogP contribution >= 0.6 is 0 Å². The molecule has 0 aliphatic heterocycles.